The summed E-state index contributed by atoms with van der Waals surface area (Å²) in [5, 5.41) is 2.57. The lowest BCUT2D eigenvalue weighted by Gasteiger charge is -2.16. The van der Waals surface area contributed by atoms with Crippen LogP contribution < -0.4 is 20.5 Å². The molecule has 1 atom stereocenters. The van der Waals surface area contributed by atoms with E-state index in [4.69, 9.17) is 10.5 Å². The summed E-state index contributed by atoms with van der Waals surface area (Å²) in [7, 11) is 1.30. The molecule has 1 rings (SSSR count). The number of ether oxygens (including phenoxy) is 2. The zero-order valence-corrected chi connectivity index (χ0v) is 11.9. The molecule has 0 aliphatic carbocycles. The predicted molar refractivity (Wildman–Crippen MR) is 72.9 cm³/mol. The molecule has 5 nitrogen and oxygen atoms in total. The molecule has 20 heavy (non-hydrogen) atoms. The third kappa shape index (κ3) is 4.82. The molecule has 0 saturated heterocycles. The van der Waals surface area contributed by atoms with E-state index >= 15 is 0 Å². The second-order valence-corrected chi connectivity index (χ2v) is 3.83. The maximum Gasteiger partial charge on any atom is 0.387 e. The summed E-state index contributed by atoms with van der Waals surface area (Å²) in [6.07, 6.45) is 0. The van der Waals surface area contributed by atoms with Gasteiger partial charge in [0.15, 0.2) is 11.5 Å². The molecule has 3 N–H and O–H groups in total. The van der Waals surface area contributed by atoms with Gasteiger partial charge in [0.1, 0.15) is 0 Å². The van der Waals surface area contributed by atoms with Crippen LogP contribution in [0.5, 0.6) is 11.5 Å². The number of nitrogens with one attached hydrogen (secondary N) is 1. The Morgan fingerprint density at radius 1 is 1.45 bits per heavy atom. The SMILES string of the molecule is COc1cccc(C(=O)N[C@@H](C)CN)c1OC(F)F.Cl. The van der Waals surface area contributed by atoms with Crippen molar-refractivity contribution in [3.05, 3.63) is 23.8 Å². The first-order chi connectivity index (χ1) is 8.99. The average Bonchev–Trinajstić information content (AvgIpc) is 2.37. The summed E-state index contributed by atoms with van der Waals surface area (Å²) in [6.45, 7) is -1.11. The summed E-state index contributed by atoms with van der Waals surface area (Å²) in [6, 6.07) is 4.04. The molecule has 1 aromatic carbocycles. The van der Waals surface area contributed by atoms with Crippen LogP contribution in [0.25, 0.3) is 0 Å². The Hall–Kier alpha value is -1.60. The van der Waals surface area contributed by atoms with E-state index in [1.54, 1.807) is 6.92 Å². The van der Waals surface area contributed by atoms with Crippen LogP contribution in [0.1, 0.15) is 17.3 Å². The summed E-state index contributed by atoms with van der Waals surface area (Å²) in [4.78, 5) is 11.9. The summed E-state index contributed by atoms with van der Waals surface area (Å²) in [5.41, 5.74) is 5.35. The number of hydrogen-bond donors (Lipinski definition) is 2. The van der Waals surface area contributed by atoms with Gasteiger partial charge in [0.05, 0.1) is 12.7 Å². The van der Waals surface area contributed by atoms with E-state index < -0.39 is 12.5 Å². The maximum absolute atomic E-state index is 12.4. The highest BCUT2D eigenvalue weighted by atomic mass is 35.5. The molecule has 0 spiro atoms. The molecule has 1 amide bonds. The molecular weight excluding hydrogens is 294 g/mol. The van der Waals surface area contributed by atoms with Gasteiger partial charge in [0, 0.05) is 12.6 Å². The summed E-state index contributed by atoms with van der Waals surface area (Å²) in [5.74, 6) is -0.775. The van der Waals surface area contributed by atoms with E-state index in [2.05, 4.69) is 10.1 Å². The van der Waals surface area contributed by atoms with E-state index in [9.17, 15) is 13.6 Å². The fourth-order valence-corrected chi connectivity index (χ4v) is 1.43. The minimum Gasteiger partial charge on any atom is -0.493 e. The van der Waals surface area contributed by atoms with Crippen LogP contribution in [0.15, 0.2) is 18.2 Å². The van der Waals surface area contributed by atoms with Crippen molar-refractivity contribution in [1.29, 1.82) is 0 Å². The number of para-hydroxylation sites is 1. The first kappa shape index (κ1) is 18.4. The lowest BCUT2D eigenvalue weighted by molar-refractivity contribution is -0.0515. The van der Waals surface area contributed by atoms with Gasteiger partial charge in [-0.1, -0.05) is 6.07 Å². The molecule has 1 aromatic rings. The first-order valence-electron chi connectivity index (χ1n) is 5.62. The number of halogens is 3. The number of benzene rings is 1. The number of nitrogens with two attached hydrogens (primary N) is 1. The van der Waals surface area contributed by atoms with Gasteiger partial charge in [-0.15, -0.1) is 12.4 Å². The number of amides is 1. The highest BCUT2D eigenvalue weighted by Gasteiger charge is 2.20. The molecule has 0 unspecified atom stereocenters. The molecule has 0 saturated carbocycles. The normalized spacial score (nSPS) is 11.5. The highest BCUT2D eigenvalue weighted by Crippen LogP contribution is 2.32. The maximum atomic E-state index is 12.4. The Labute approximate surface area is 121 Å². The van der Waals surface area contributed by atoms with E-state index in [-0.39, 0.29) is 42.1 Å². The van der Waals surface area contributed by atoms with Crippen molar-refractivity contribution in [1.82, 2.24) is 5.32 Å². The van der Waals surface area contributed by atoms with Crippen molar-refractivity contribution in [3.63, 3.8) is 0 Å². The Morgan fingerprint density at radius 2 is 2.10 bits per heavy atom. The lowest BCUT2D eigenvalue weighted by atomic mass is 10.1. The number of alkyl halides is 2. The minimum atomic E-state index is -3.05. The zero-order valence-electron chi connectivity index (χ0n) is 11.1. The van der Waals surface area contributed by atoms with Crippen LogP contribution in [-0.2, 0) is 0 Å². The Balaban J connectivity index is 0.00000361. The average molecular weight is 311 g/mol. The van der Waals surface area contributed by atoms with Crippen molar-refractivity contribution in [3.8, 4) is 11.5 Å². The standard InChI is InChI=1S/C12H16F2N2O3.ClH/c1-7(6-15)16-11(17)8-4-3-5-9(18-2)10(8)19-12(13)14;/h3-5,7,12H,6,15H2,1-2H3,(H,16,17);1H/t7-;/m0./s1. The first-order valence-corrected chi connectivity index (χ1v) is 5.62. The van der Waals surface area contributed by atoms with Crippen LogP contribution in [0.3, 0.4) is 0 Å². The molecule has 0 aliphatic heterocycles. The topological polar surface area (TPSA) is 73.6 Å². The molecular formula is C12H17ClF2N2O3. The van der Waals surface area contributed by atoms with Gasteiger partial charge in [-0.2, -0.15) is 8.78 Å². The van der Waals surface area contributed by atoms with Crippen molar-refractivity contribution in [2.24, 2.45) is 5.73 Å². The fraction of sp³-hybridized carbons (Fsp3) is 0.417. The molecule has 0 aliphatic rings. The van der Waals surface area contributed by atoms with Crippen LogP contribution in [0.4, 0.5) is 8.78 Å². The third-order valence-corrected chi connectivity index (χ3v) is 2.38. The Kier molecular flexibility index (Phi) is 7.86. The molecule has 0 aromatic heterocycles. The largest absolute Gasteiger partial charge is 0.493 e. The van der Waals surface area contributed by atoms with Gasteiger partial charge >= 0.3 is 6.61 Å². The van der Waals surface area contributed by atoms with Crippen molar-refractivity contribution >= 4 is 18.3 Å². The number of carbonyl (C=O) groups excluding carboxylic acids is 1. The highest BCUT2D eigenvalue weighted by molar-refractivity contribution is 5.98. The van der Waals surface area contributed by atoms with Gasteiger partial charge in [-0.3, -0.25) is 4.79 Å². The number of hydrogen-bond acceptors (Lipinski definition) is 4. The Bertz CT molecular complexity index is 447. The third-order valence-electron chi connectivity index (χ3n) is 2.38. The van der Waals surface area contributed by atoms with Crippen LogP contribution in [0, 0.1) is 0 Å². The second kappa shape index (κ2) is 8.55. The van der Waals surface area contributed by atoms with Crippen LogP contribution >= 0.6 is 12.4 Å². The van der Waals surface area contributed by atoms with E-state index in [0.29, 0.717) is 0 Å². The van der Waals surface area contributed by atoms with Gasteiger partial charge < -0.3 is 20.5 Å². The van der Waals surface area contributed by atoms with Crippen molar-refractivity contribution in [2.75, 3.05) is 13.7 Å². The van der Waals surface area contributed by atoms with Gasteiger partial charge in [0.25, 0.3) is 5.91 Å². The zero-order chi connectivity index (χ0) is 14.4. The fourth-order valence-electron chi connectivity index (χ4n) is 1.43. The van der Waals surface area contributed by atoms with Gasteiger partial charge in [-0.25, -0.2) is 0 Å². The molecule has 8 heteroatoms. The number of rotatable bonds is 6. The van der Waals surface area contributed by atoms with E-state index in [1.807, 2.05) is 0 Å². The van der Waals surface area contributed by atoms with Crippen LogP contribution in [-0.4, -0.2) is 32.2 Å². The summed E-state index contributed by atoms with van der Waals surface area (Å²) < 4.78 is 34.0. The Morgan fingerprint density at radius 3 is 2.60 bits per heavy atom. The lowest BCUT2D eigenvalue weighted by Crippen LogP contribution is -2.38. The minimum absolute atomic E-state index is 0. The smallest absolute Gasteiger partial charge is 0.387 e. The number of carbonyl (C=O) groups is 1. The van der Waals surface area contributed by atoms with Crippen molar-refractivity contribution in [2.45, 2.75) is 19.6 Å². The van der Waals surface area contributed by atoms with Crippen LogP contribution in [0.2, 0.25) is 0 Å². The monoisotopic (exact) mass is 310 g/mol. The van der Waals surface area contributed by atoms with Gasteiger partial charge in [0.2, 0.25) is 0 Å². The predicted octanol–water partition coefficient (Wildman–Crippen LogP) is 1.80. The molecule has 0 radical (unpaired) electrons. The number of methoxy groups -OCH3 is 1. The molecule has 114 valence electrons. The summed E-state index contributed by atoms with van der Waals surface area (Å²) >= 11 is 0. The quantitative estimate of drug-likeness (QED) is 0.840. The van der Waals surface area contributed by atoms with Crippen molar-refractivity contribution < 1.29 is 23.0 Å². The molecule has 0 bridgehead atoms. The molecule has 0 fully saturated rings. The molecule has 0 heterocycles. The van der Waals surface area contributed by atoms with Gasteiger partial charge in [-0.05, 0) is 19.1 Å². The van der Waals surface area contributed by atoms with E-state index in [1.165, 1.54) is 25.3 Å². The second-order valence-electron chi connectivity index (χ2n) is 3.83. The van der Waals surface area contributed by atoms with E-state index in [0.717, 1.165) is 0 Å².